The summed E-state index contributed by atoms with van der Waals surface area (Å²) in [5.74, 6) is -3.21. The van der Waals surface area contributed by atoms with Gasteiger partial charge in [-0.05, 0) is 103 Å². The molecule has 0 aliphatic carbocycles. The van der Waals surface area contributed by atoms with Gasteiger partial charge in [0.2, 0.25) is 0 Å². The van der Waals surface area contributed by atoms with Crippen LogP contribution < -0.4 is 0 Å². The topological polar surface area (TPSA) is 175 Å². The zero-order chi connectivity index (χ0) is 56.1. The summed E-state index contributed by atoms with van der Waals surface area (Å²) in [6, 6.07) is 0. The fraction of sp³-hybridized carbons (Fsp3) is 0.723. The first-order chi connectivity index (χ1) is 37.6. The number of carbonyl (C=O) groups is 4. The second-order valence-corrected chi connectivity index (χ2v) is 20.6. The van der Waals surface area contributed by atoms with E-state index in [1.165, 1.54) is 96.3 Å². The molecule has 6 atom stereocenters. The van der Waals surface area contributed by atoms with E-state index in [2.05, 4.69) is 93.7 Å². The summed E-state index contributed by atoms with van der Waals surface area (Å²) in [7, 11) is 0. The van der Waals surface area contributed by atoms with Gasteiger partial charge in [-0.15, -0.1) is 0 Å². The van der Waals surface area contributed by atoms with Crippen LogP contribution in [0, 0.1) is 0 Å². The Hall–Kier alpha value is -4.10. The second kappa shape index (κ2) is 52.6. The predicted octanol–water partition coefficient (Wildman–Crippen LogP) is 15.9. The average molecular weight is 1080 g/mol. The molecule has 1 aliphatic rings. The summed E-state index contributed by atoms with van der Waals surface area (Å²) < 4.78 is 28.4. The third-order valence-electron chi connectivity index (χ3n) is 13.4. The van der Waals surface area contributed by atoms with Crippen LogP contribution in [0.25, 0.3) is 0 Å². The van der Waals surface area contributed by atoms with Gasteiger partial charge in [0.25, 0.3) is 0 Å². The van der Waals surface area contributed by atoms with Gasteiger partial charge in [-0.3, -0.25) is 14.4 Å². The largest absolute Gasteiger partial charge is 0.479 e. The molecule has 0 aromatic rings. The number of unbranched alkanes of at least 4 members (excludes halogenated alkanes) is 23. The van der Waals surface area contributed by atoms with Crippen molar-refractivity contribution in [2.24, 2.45) is 0 Å². The van der Waals surface area contributed by atoms with Gasteiger partial charge in [0.1, 0.15) is 18.8 Å². The quantitative estimate of drug-likeness (QED) is 0.0228. The highest BCUT2D eigenvalue weighted by atomic mass is 16.7. The number of hydrogen-bond acceptors (Lipinski definition) is 11. The van der Waals surface area contributed by atoms with Crippen molar-refractivity contribution in [3.8, 4) is 0 Å². The van der Waals surface area contributed by atoms with Crippen molar-refractivity contribution in [1.82, 2.24) is 0 Å². The van der Waals surface area contributed by atoms with E-state index in [9.17, 15) is 34.5 Å². The minimum atomic E-state index is -1.92. The molecule has 3 N–H and O–H groups in total. The Balaban J connectivity index is 2.70. The van der Waals surface area contributed by atoms with E-state index >= 15 is 0 Å². The maximum atomic E-state index is 13.1. The lowest BCUT2D eigenvalue weighted by Gasteiger charge is -2.40. The molecule has 6 unspecified atom stereocenters. The summed E-state index contributed by atoms with van der Waals surface area (Å²) in [5, 5.41) is 31.4. The molecule has 0 aromatic heterocycles. The summed E-state index contributed by atoms with van der Waals surface area (Å²) in [6.07, 6.45) is 55.7. The van der Waals surface area contributed by atoms with E-state index in [4.69, 9.17) is 23.7 Å². The van der Waals surface area contributed by atoms with Gasteiger partial charge in [0.15, 0.2) is 24.6 Å². The zero-order valence-electron chi connectivity index (χ0n) is 48.4. The third-order valence-corrected chi connectivity index (χ3v) is 13.4. The van der Waals surface area contributed by atoms with E-state index in [0.717, 1.165) is 89.9 Å². The van der Waals surface area contributed by atoms with Crippen LogP contribution in [-0.4, -0.2) is 89.2 Å². The van der Waals surface area contributed by atoms with Crippen LogP contribution in [-0.2, 0) is 42.9 Å². The lowest BCUT2D eigenvalue weighted by atomic mass is 9.98. The molecule has 1 heterocycles. The van der Waals surface area contributed by atoms with Crippen LogP contribution >= 0.6 is 0 Å². The lowest BCUT2D eigenvalue weighted by Crippen LogP contribution is -2.61. The van der Waals surface area contributed by atoms with Crippen molar-refractivity contribution in [3.05, 3.63) is 85.1 Å². The number of carbonyl (C=O) groups excluding carboxylic acids is 3. The highest BCUT2D eigenvalue weighted by Crippen LogP contribution is 2.26. The van der Waals surface area contributed by atoms with Crippen molar-refractivity contribution < 1.29 is 58.2 Å². The number of esters is 3. The van der Waals surface area contributed by atoms with Gasteiger partial charge < -0.3 is 39.0 Å². The minimum absolute atomic E-state index is 0.0405. The van der Waals surface area contributed by atoms with Gasteiger partial charge in [0, 0.05) is 19.3 Å². The van der Waals surface area contributed by atoms with Gasteiger partial charge in [0.05, 0.1) is 6.61 Å². The van der Waals surface area contributed by atoms with Crippen LogP contribution in [0.3, 0.4) is 0 Å². The number of carboxylic acid groups (broad SMARTS) is 1. The van der Waals surface area contributed by atoms with Gasteiger partial charge in [-0.1, -0.05) is 215 Å². The SMILES string of the molecule is CC/C=C\C/C=C\C/C=C\C/C=C\C/C=C\CCCC(=O)OC(COC(=O)CCCCCCCCCCC/C=C\CCCCCCCC)COC1OC(C(=O)O)C(O)C(O)C1OC(=O)CCCCCCC/C=C\CCCC. The molecule has 0 amide bonds. The molecule has 0 bridgehead atoms. The molecule has 0 radical (unpaired) electrons. The Bertz CT molecular complexity index is 1660. The van der Waals surface area contributed by atoms with Crippen molar-refractivity contribution in [3.63, 3.8) is 0 Å². The van der Waals surface area contributed by atoms with Crippen LogP contribution in [0.5, 0.6) is 0 Å². The highest BCUT2D eigenvalue weighted by Gasteiger charge is 2.50. The first-order valence-corrected chi connectivity index (χ1v) is 30.6. The normalized spacial score (nSPS) is 18.6. The van der Waals surface area contributed by atoms with E-state index in [0.29, 0.717) is 25.7 Å². The Morgan fingerprint density at radius 3 is 1.34 bits per heavy atom. The molecule has 0 saturated carbocycles. The zero-order valence-corrected chi connectivity index (χ0v) is 48.4. The Morgan fingerprint density at radius 1 is 0.442 bits per heavy atom. The Labute approximate surface area is 467 Å². The van der Waals surface area contributed by atoms with Crippen LogP contribution in [0.15, 0.2) is 85.1 Å². The smallest absolute Gasteiger partial charge is 0.335 e. The molecule has 1 fully saturated rings. The predicted molar refractivity (Wildman–Crippen MR) is 312 cm³/mol. The Morgan fingerprint density at radius 2 is 0.844 bits per heavy atom. The first-order valence-electron chi connectivity index (χ1n) is 30.6. The lowest BCUT2D eigenvalue weighted by molar-refractivity contribution is -0.301. The first kappa shape index (κ1) is 70.9. The van der Waals surface area contributed by atoms with Crippen LogP contribution in [0.1, 0.15) is 252 Å². The number of aliphatic hydroxyl groups excluding tert-OH is 2. The number of hydrogen-bond donors (Lipinski definition) is 3. The summed E-state index contributed by atoms with van der Waals surface area (Å²) in [5.41, 5.74) is 0. The standard InChI is InChI=1S/C65H108O12/c1-4-7-10-13-16-19-22-24-26-28-29-31-32-34-37-39-42-45-48-51-57(66)73-54-56(75-58(67)52-49-46-43-41-38-35-33-30-27-25-23-20-17-14-11-8-5-2)55-74-65-63(61(70)60(69)62(77-65)64(71)72)76-59(68)53-50-47-44-40-36-21-18-15-12-9-6-3/h8,11,15,17-18,20,24-27,33,35,41,43,56,60-63,65,69-70H,4-7,9-10,12-14,16,19,21-23,28-32,34,36-40,42,44-55H2,1-3H3,(H,71,72)/b11-8-,18-15-,20-17-,26-24-,27-25-,35-33-,43-41-. The number of aliphatic carboxylic acids is 1. The van der Waals surface area contributed by atoms with Crippen LogP contribution in [0.2, 0.25) is 0 Å². The average Bonchev–Trinajstić information content (AvgIpc) is 3.42. The molecule has 440 valence electrons. The van der Waals surface area contributed by atoms with Gasteiger partial charge >= 0.3 is 23.9 Å². The minimum Gasteiger partial charge on any atom is -0.479 e. The van der Waals surface area contributed by atoms with E-state index < -0.39 is 67.3 Å². The molecule has 1 saturated heterocycles. The molecule has 77 heavy (non-hydrogen) atoms. The maximum Gasteiger partial charge on any atom is 0.335 e. The Kier molecular flexibility index (Phi) is 48.4. The monoisotopic (exact) mass is 1080 g/mol. The molecular weight excluding hydrogens is 973 g/mol. The molecule has 1 rings (SSSR count). The van der Waals surface area contributed by atoms with Gasteiger partial charge in [-0.2, -0.15) is 0 Å². The molecule has 12 heteroatoms. The molecule has 1 aliphatic heterocycles. The molecule has 0 aromatic carbocycles. The van der Waals surface area contributed by atoms with E-state index in [1.54, 1.807) is 0 Å². The summed E-state index contributed by atoms with van der Waals surface area (Å²) in [4.78, 5) is 51.1. The fourth-order valence-corrected chi connectivity index (χ4v) is 8.73. The van der Waals surface area contributed by atoms with Crippen molar-refractivity contribution in [2.45, 2.75) is 289 Å². The van der Waals surface area contributed by atoms with Crippen molar-refractivity contribution in [1.29, 1.82) is 0 Å². The molecule has 12 nitrogen and oxygen atoms in total. The number of ether oxygens (including phenoxy) is 5. The van der Waals surface area contributed by atoms with E-state index in [-0.39, 0.29) is 25.9 Å². The molecular formula is C65H108O12. The maximum absolute atomic E-state index is 13.1. The van der Waals surface area contributed by atoms with Crippen molar-refractivity contribution in [2.75, 3.05) is 13.2 Å². The van der Waals surface area contributed by atoms with Gasteiger partial charge in [-0.25, -0.2) is 4.79 Å². The second-order valence-electron chi connectivity index (χ2n) is 20.6. The number of aliphatic hydroxyl groups is 2. The summed E-state index contributed by atoms with van der Waals surface area (Å²) >= 11 is 0. The van der Waals surface area contributed by atoms with E-state index in [1.807, 2.05) is 12.2 Å². The highest BCUT2D eigenvalue weighted by molar-refractivity contribution is 5.74. The number of allylic oxidation sites excluding steroid dienone is 14. The van der Waals surface area contributed by atoms with Crippen molar-refractivity contribution >= 4 is 23.9 Å². The fourth-order valence-electron chi connectivity index (χ4n) is 8.73. The number of carboxylic acids is 1. The van der Waals surface area contributed by atoms with Crippen LogP contribution in [0.4, 0.5) is 0 Å². The number of rotatable bonds is 51. The third kappa shape index (κ3) is 42.5. The molecule has 0 spiro atoms. The summed E-state index contributed by atoms with van der Waals surface area (Å²) in [6.45, 7) is 5.78.